The van der Waals surface area contributed by atoms with Gasteiger partial charge in [-0.25, -0.2) is 9.59 Å². The molecule has 0 bridgehead atoms. The maximum Gasteiger partial charge on any atom is 0.338 e. The first-order chi connectivity index (χ1) is 17.4. The van der Waals surface area contributed by atoms with Crippen LogP contribution in [0.1, 0.15) is 77.6 Å². The molecule has 1 fully saturated rings. The Morgan fingerprint density at radius 2 is 1.47 bits per heavy atom. The molecule has 6 heteroatoms. The highest BCUT2D eigenvalue weighted by Gasteiger charge is 2.60. The minimum absolute atomic E-state index is 0.0857. The zero-order valence-electron chi connectivity index (χ0n) is 22.3. The number of carbonyl (C=O) groups is 3. The topological polar surface area (TPSA) is 72.9 Å². The number of esters is 2. The first kappa shape index (κ1) is 27.7. The van der Waals surface area contributed by atoms with E-state index in [1.165, 1.54) is 46.3 Å². The molecule has 1 saturated carbocycles. The fourth-order valence-electron chi connectivity index (χ4n) is 5.40. The molecule has 1 atom stereocenters. The fraction of sp³-hybridized carbons (Fsp3) is 0.567. The summed E-state index contributed by atoms with van der Waals surface area (Å²) >= 11 is 0. The number of benzene rings is 1. The second kappa shape index (κ2) is 12.9. The van der Waals surface area contributed by atoms with Crippen LogP contribution in [0.5, 0.6) is 0 Å². The molecule has 2 aliphatic rings. The number of nitrogens with zero attached hydrogens (tertiary/aromatic N) is 1. The highest BCUT2D eigenvalue weighted by molar-refractivity contribution is 6.08. The molecule has 0 saturated heterocycles. The third-order valence-corrected chi connectivity index (χ3v) is 7.64. The third kappa shape index (κ3) is 6.08. The second-order valence-electron chi connectivity index (χ2n) is 10.0. The summed E-state index contributed by atoms with van der Waals surface area (Å²) in [6.45, 7) is 2.22. The summed E-state index contributed by atoms with van der Waals surface area (Å²) < 4.78 is 10.3. The molecule has 1 amide bonds. The third-order valence-electron chi connectivity index (χ3n) is 7.64. The van der Waals surface area contributed by atoms with Gasteiger partial charge in [-0.2, -0.15) is 0 Å². The Balaban J connectivity index is 1.87. The first-order valence-corrected chi connectivity index (χ1v) is 13.4. The Morgan fingerprint density at radius 3 is 2.03 bits per heavy atom. The standard InChI is InChI=1S/C30H41NO5/c1-5-6-7-8-9-10-11-13-16-22-21-24(27(32)31(2)23-17-14-12-15-18-23)30(19-20-30)26(29(34)36-4)25(22)28(33)35-3/h12,14-15,17-18,21,24H,5-11,13,16,19-20H2,1-4H3. The average Bonchev–Trinajstić information content (AvgIpc) is 3.69. The molecule has 1 aromatic carbocycles. The molecule has 1 spiro atoms. The summed E-state index contributed by atoms with van der Waals surface area (Å²) in [7, 11) is 4.42. The van der Waals surface area contributed by atoms with Gasteiger partial charge in [0.1, 0.15) is 0 Å². The lowest BCUT2D eigenvalue weighted by molar-refractivity contribution is -0.140. The normalized spacial score (nSPS) is 18.0. The molecule has 0 N–H and O–H groups in total. The molecular formula is C30H41NO5. The van der Waals surface area contributed by atoms with E-state index in [2.05, 4.69) is 6.92 Å². The number of anilines is 1. The van der Waals surface area contributed by atoms with E-state index in [0.29, 0.717) is 30.4 Å². The van der Waals surface area contributed by atoms with Gasteiger partial charge < -0.3 is 14.4 Å². The van der Waals surface area contributed by atoms with Crippen LogP contribution in [0.3, 0.4) is 0 Å². The Bertz CT molecular complexity index is 990. The van der Waals surface area contributed by atoms with Gasteiger partial charge in [-0.1, -0.05) is 76.1 Å². The van der Waals surface area contributed by atoms with Crippen molar-refractivity contribution < 1.29 is 23.9 Å². The first-order valence-electron chi connectivity index (χ1n) is 13.4. The molecule has 0 radical (unpaired) electrons. The zero-order valence-corrected chi connectivity index (χ0v) is 22.3. The van der Waals surface area contributed by atoms with Crippen molar-refractivity contribution in [2.75, 3.05) is 26.2 Å². The van der Waals surface area contributed by atoms with E-state index in [1.54, 1.807) is 11.9 Å². The number of hydrogen-bond donors (Lipinski definition) is 0. The number of rotatable bonds is 13. The van der Waals surface area contributed by atoms with E-state index in [-0.39, 0.29) is 5.91 Å². The van der Waals surface area contributed by atoms with Crippen molar-refractivity contribution in [2.45, 2.75) is 77.6 Å². The molecule has 3 rings (SSSR count). The summed E-state index contributed by atoms with van der Waals surface area (Å²) in [5.41, 5.74) is 1.41. The maximum absolute atomic E-state index is 13.8. The molecule has 0 heterocycles. The highest BCUT2D eigenvalue weighted by atomic mass is 16.5. The van der Waals surface area contributed by atoms with Crippen molar-refractivity contribution in [3.8, 4) is 0 Å². The Morgan fingerprint density at radius 1 is 0.889 bits per heavy atom. The lowest BCUT2D eigenvalue weighted by Crippen LogP contribution is -2.41. The minimum atomic E-state index is -0.723. The lowest BCUT2D eigenvalue weighted by atomic mass is 9.71. The van der Waals surface area contributed by atoms with E-state index in [0.717, 1.165) is 30.5 Å². The molecule has 0 aromatic heterocycles. The van der Waals surface area contributed by atoms with Crippen molar-refractivity contribution in [2.24, 2.45) is 11.3 Å². The van der Waals surface area contributed by atoms with Gasteiger partial charge in [0.25, 0.3) is 0 Å². The van der Waals surface area contributed by atoms with Crippen LogP contribution in [0.25, 0.3) is 0 Å². The molecular weight excluding hydrogens is 454 g/mol. The quantitative estimate of drug-likeness (QED) is 0.242. The molecule has 0 aliphatic heterocycles. The van der Waals surface area contributed by atoms with Crippen LogP contribution < -0.4 is 4.90 Å². The Hall–Kier alpha value is -2.89. The van der Waals surface area contributed by atoms with E-state index in [4.69, 9.17) is 9.47 Å². The van der Waals surface area contributed by atoms with Gasteiger partial charge in [0.2, 0.25) is 5.91 Å². The smallest absolute Gasteiger partial charge is 0.338 e. The largest absolute Gasteiger partial charge is 0.466 e. The van der Waals surface area contributed by atoms with Gasteiger partial charge in [0, 0.05) is 18.2 Å². The molecule has 2 aliphatic carbocycles. The van der Waals surface area contributed by atoms with Crippen molar-refractivity contribution in [3.05, 3.63) is 53.1 Å². The summed E-state index contributed by atoms with van der Waals surface area (Å²) in [6, 6.07) is 9.48. The van der Waals surface area contributed by atoms with Crippen LogP contribution >= 0.6 is 0 Å². The van der Waals surface area contributed by atoms with E-state index in [9.17, 15) is 14.4 Å². The Labute approximate surface area is 215 Å². The van der Waals surface area contributed by atoms with Gasteiger partial charge in [0.05, 0.1) is 31.3 Å². The van der Waals surface area contributed by atoms with Crippen molar-refractivity contribution in [3.63, 3.8) is 0 Å². The van der Waals surface area contributed by atoms with Crippen molar-refractivity contribution in [1.29, 1.82) is 0 Å². The maximum atomic E-state index is 13.8. The number of hydrogen-bond acceptors (Lipinski definition) is 5. The molecule has 6 nitrogen and oxygen atoms in total. The van der Waals surface area contributed by atoms with Crippen LogP contribution in [0, 0.1) is 11.3 Å². The van der Waals surface area contributed by atoms with E-state index in [1.807, 2.05) is 36.4 Å². The molecule has 36 heavy (non-hydrogen) atoms. The predicted octanol–water partition coefficient (Wildman–Crippen LogP) is 6.16. The zero-order chi connectivity index (χ0) is 26.1. The van der Waals surface area contributed by atoms with E-state index >= 15 is 0 Å². The monoisotopic (exact) mass is 495 g/mol. The summed E-state index contributed by atoms with van der Waals surface area (Å²) in [4.78, 5) is 41.5. The minimum Gasteiger partial charge on any atom is -0.466 e. The molecule has 1 aromatic rings. The summed E-state index contributed by atoms with van der Waals surface area (Å²) in [5.74, 6) is -1.70. The SMILES string of the molecule is CCCCCCCCCCC1=CC(C(=O)N(C)c2ccccc2)C2(CC2)C(C(=O)OC)=C1C(=O)OC. The van der Waals surface area contributed by atoms with Crippen LogP contribution in [0.2, 0.25) is 0 Å². The Kier molecular flexibility index (Phi) is 9.91. The number of amides is 1. The number of methoxy groups -OCH3 is 2. The van der Waals surface area contributed by atoms with Gasteiger partial charge >= 0.3 is 11.9 Å². The molecule has 1 unspecified atom stereocenters. The number of ether oxygens (including phenoxy) is 2. The average molecular weight is 496 g/mol. The fourth-order valence-corrected chi connectivity index (χ4v) is 5.40. The van der Waals surface area contributed by atoms with Crippen LogP contribution in [-0.4, -0.2) is 39.1 Å². The van der Waals surface area contributed by atoms with Crippen LogP contribution in [-0.2, 0) is 23.9 Å². The van der Waals surface area contributed by atoms with Gasteiger partial charge in [-0.3, -0.25) is 4.79 Å². The van der Waals surface area contributed by atoms with Crippen molar-refractivity contribution in [1.82, 2.24) is 0 Å². The number of para-hydroxylation sites is 1. The highest BCUT2D eigenvalue weighted by Crippen LogP contribution is 2.62. The molecule has 196 valence electrons. The van der Waals surface area contributed by atoms with E-state index < -0.39 is 23.3 Å². The van der Waals surface area contributed by atoms with Gasteiger partial charge in [-0.15, -0.1) is 0 Å². The van der Waals surface area contributed by atoms with Crippen LogP contribution in [0.15, 0.2) is 53.1 Å². The predicted molar refractivity (Wildman–Crippen MR) is 141 cm³/mol. The lowest BCUT2D eigenvalue weighted by Gasteiger charge is -2.34. The van der Waals surface area contributed by atoms with Gasteiger partial charge in [-0.05, 0) is 43.4 Å². The van der Waals surface area contributed by atoms with Crippen molar-refractivity contribution >= 4 is 23.5 Å². The number of unbranched alkanes of at least 4 members (excludes halogenated alkanes) is 7. The number of carbonyl (C=O) groups excluding carboxylic acids is 3. The van der Waals surface area contributed by atoms with Gasteiger partial charge in [0.15, 0.2) is 0 Å². The summed E-state index contributed by atoms with van der Waals surface area (Å²) in [5, 5.41) is 0. The van der Waals surface area contributed by atoms with Crippen LogP contribution in [0.4, 0.5) is 5.69 Å². The summed E-state index contributed by atoms with van der Waals surface area (Å²) in [6.07, 6.45) is 13.2. The second-order valence-corrected chi connectivity index (χ2v) is 10.0.